The molecule has 0 aliphatic heterocycles. The first kappa shape index (κ1) is 12.9. The lowest BCUT2D eigenvalue weighted by molar-refractivity contribution is 0.277. The van der Waals surface area contributed by atoms with E-state index in [0.29, 0.717) is 24.9 Å². The highest BCUT2D eigenvalue weighted by atomic mass is 32.2. The highest BCUT2D eigenvalue weighted by molar-refractivity contribution is 7.91. The summed E-state index contributed by atoms with van der Waals surface area (Å²) in [7, 11) is -2.82. The van der Waals surface area contributed by atoms with Gasteiger partial charge in [0, 0.05) is 18.3 Å². The minimum Gasteiger partial charge on any atom is -0.330 e. The molecule has 1 aliphatic carbocycles. The Labute approximate surface area is 92.7 Å². The molecule has 0 aromatic heterocycles. The predicted molar refractivity (Wildman–Crippen MR) is 62.6 cm³/mol. The Hall–Kier alpha value is -0.130. The maximum absolute atomic E-state index is 11.4. The van der Waals surface area contributed by atoms with Gasteiger partial charge < -0.3 is 5.73 Å². The lowest BCUT2D eigenvalue weighted by atomic mass is 10.3. The van der Waals surface area contributed by atoms with Gasteiger partial charge in [0.2, 0.25) is 0 Å². The summed E-state index contributed by atoms with van der Waals surface area (Å²) in [4.78, 5) is 2.28. The molecule has 0 atom stereocenters. The van der Waals surface area contributed by atoms with E-state index in [1.165, 1.54) is 12.8 Å². The van der Waals surface area contributed by atoms with Crippen molar-refractivity contribution in [3.05, 3.63) is 0 Å². The van der Waals surface area contributed by atoms with E-state index in [4.69, 9.17) is 5.73 Å². The lowest BCUT2D eigenvalue weighted by Gasteiger charge is -2.21. The predicted octanol–water partition coefficient (Wildman–Crippen LogP) is 0.234. The molecule has 0 aromatic rings. The van der Waals surface area contributed by atoms with E-state index < -0.39 is 9.84 Å². The molecule has 1 rings (SSSR count). The topological polar surface area (TPSA) is 63.4 Å². The van der Waals surface area contributed by atoms with Crippen molar-refractivity contribution in [2.24, 2.45) is 5.73 Å². The van der Waals surface area contributed by atoms with Gasteiger partial charge >= 0.3 is 0 Å². The average Bonchev–Trinajstić information content (AvgIpc) is 3.02. The third-order valence-electron chi connectivity index (χ3n) is 2.84. The minimum atomic E-state index is -2.82. The standard InChI is InChI=1S/C10H22N2O2S/c1-2-15(13,14)9-8-12(7-3-6-11)10-4-5-10/h10H,2-9,11H2,1H3. The van der Waals surface area contributed by atoms with Crippen LogP contribution >= 0.6 is 0 Å². The summed E-state index contributed by atoms with van der Waals surface area (Å²) in [5.41, 5.74) is 5.46. The third-order valence-corrected chi connectivity index (χ3v) is 4.53. The van der Waals surface area contributed by atoms with Gasteiger partial charge in [0.1, 0.15) is 0 Å². The van der Waals surface area contributed by atoms with Crippen LogP contribution in [0.2, 0.25) is 0 Å². The number of nitrogens with zero attached hydrogens (tertiary/aromatic N) is 1. The Kier molecular flexibility index (Phi) is 5.02. The first-order valence-electron chi connectivity index (χ1n) is 5.73. The van der Waals surface area contributed by atoms with Gasteiger partial charge in [-0.2, -0.15) is 0 Å². The van der Waals surface area contributed by atoms with Crippen molar-refractivity contribution in [1.29, 1.82) is 0 Å². The Morgan fingerprint density at radius 1 is 1.33 bits per heavy atom. The van der Waals surface area contributed by atoms with Gasteiger partial charge in [0.25, 0.3) is 0 Å². The number of hydrogen-bond acceptors (Lipinski definition) is 4. The Balaban J connectivity index is 2.31. The summed E-state index contributed by atoms with van der Waals surface area (Å²) in [6.45, 7) is 4.02. The van der Waals surface area contributed by atoms with Crippen LogP contribution in [0, 0.1) is 0 Å². The first-order chi connectivity index (χ1) is 7.09. The maximum atomic E-state index is 11.4. The Morgan fingerprint density at radius 3 is 2.47 bits per heavy atom. The molecule has 1 saturated carbocycles. The smallest absolute Gasteiger partial charge is 0.151 e. The van der Waals surface area contributed by atoms with E-state index >= 15 is 0 Å². The largest absolute Gasteiger partial charge is 0.330 e. The molecule has 0 unspecified atom stereocenters. The van der Waals surface area contributed by atoms with Gasteiger partial charge in [-0.1, -0.05) is 6.92 Å². The molecule has 1 fully saturated rings. The Morgan fingerprint density at radius 2 is 2.00 bits per heavy atom. The average molecular weight is 234 g/mol. The van der Waals surface area contributed by atoms with Crippen LogP contribution in [0.15, 0.2) is 0 Å². The monoisotopic (exact) mass is 234 g/mol. The summed E-state index contributed by atoms with van der Waals surface area (Å²) < 4.78 is 22.7. The third kappa shape index (κ3) is 4.95. The van der Waals surface area contributed by atoms with Crippen LogP contribution in [-0.4, -0.2) is 50.5 Å². The fourth-order valence-electron chi connectivity index (χ4n) is 1.61. The zero-order valence-electron chi connectivity index (χ0n) is 9.48. The number of hydrogen-bond donors (Lipinski definition) is 1. The van der Waals surface area contributed by atoms with Gasteiger partial charge in [-0.05, 0) is 32.4 Å². The van der Waals surface area contributed by atoms with Crippen LogP contribution in [0.3, 0.4) is 0 Å². The van der Waals surface area contributed by atoms with Crippen molar-refractivity contribution < 1.29 is 8.42 Å². The van der Waals surface area contributed by atoms with E-state index in [-0.39, 0.29) is 5.75 Å². The maximum Gasteiger partial charge on any atom is 0.151 e. The van der Waals surface area contributed by atoms with Crippen molar-refractivity contribution in [1.82, 2.24) is 4.90 Å². The van der Waals surface area contributed by atoms with Crippen LogP contribution in [0.4, 0.5) is 0 Å². The van der Waals surface area contributed by atoms with Crippen LogP contribution in [-0.2, 0) is 9.84 Å². The summed E-state index contributed by atoms with van der Waals surface area (Å²) in [5.74, 6) is 0.549. The number of rotatable bonds is 8. The summed E-state index contributed by atoms with van der Waals surface area (Å²) in [6, 6.07) is 0.628. The van der Waals surface area contributed by atoms with Crippen molar-refractivity contribution in [2.75, 3.05) is 31.1 Å². The molecule has 0 saturated heterocycles. The molecule has 4 nitrogen and oxygen atoms in total. The molecule has 0 amide bonds. The van der Waals surface area contributed by atoms with Crippen molar-refractivity contribution in [3.63, 3.8) is 0 Å². The van der Waals surface area contributed by atoms with E-state index in [1.807, 2.05) is 0 Å². The normalized spacial score (nSPS) is 17.3. The van der Waals surface area contributed by atoms with Crippen LogP contribution in [0.1, 0.15) is 26.2 Å². The summed E-state index contributed by atoms with van der Waals surface area (Å²) >= 11 is 0. The van der Waals surface area contributed by atoms with Gasteiger partial charge in [-0.15, -0.1) is 0 Å². The van der Waals surface area contributed by atoms with Gasteiger partial charge in [0.05, 0.1) is 5.75 Å². The molecule has 5 heteroatoms. The SMILES string of the molecule is CCS(=O)(=O)CCN(CCCN)C1CC1. The molecular formula is C10H22N2O2S. The first-order valence-corrected chi connectivity index (χ1v) is 7.55. The van der Waals surface area contributed by atoms with Crippen LogP contribution in [0.25, 0.3) is 0 Å². The molecule has 0 bridgehead atoms. The molecule has 2 N–H and O–H groups in total. The second kappa shape index (κ2) is 5.82. The van der Waals surface area contributed by atoms with Crippen LogP contribution in [0.5, 0.6) is 0 Å². The molecule has 15 heavy (non-hydrogen) atoms. The summed E-state index contributed by atoms with van der Waals surface area (Å²) in [5, 5.41) is 0. The fraction of sp³-hybridized carbons (Fsp3) is 1.00. The molecule has 1 aliphatic rings. The molecule has 0 spiro atoms. The minimum absolute atomic E-state index is 0.252. The Bertz CT molecular complexity index is 273. The van der Waals surface area contributed by atoms with E-state index in [0.717, 1.165) is 13.0 Å². The molecular weight excluding hydrogens is 212 g/mol. The number of nitrogens with two attached hydrogens (primary N) is 1. The second-order valence-corrected chi connectivity index (χ2v) is 6.62. The van der Waals surface area contributed by atoms with Crippen LogP contribution < -0.4 is 5.73 Å². The summed E-state index contributed by atoms with van der Waals surface area (Å²) in [6.07, 6.45) is 3.40. The lowest BCUT2D eigenvalue weighted by Crippen LogP contribution is -2.33. The van der Waals surface area contributed by atoms with E-state index in [2.05, 4.69) is 4.90 Å². The van der Waals surface area contributed by atoms with Gasteiger partial charge in [-0.25, -0.2) is 8.42 Å². The van der Waals surface area contributed by atoms with Crippen molar-refractivity contribution in [2.45, 2.75) is 32.2 Å². The highest BCUT2D eigenvalue weighted by Gasteiger charge is 2.28. The van der Waals surface area contributed by atoms with Crippen molar-refractivity contribution >= 4 is 9.84 Å². The fourth-order valence-corrected chi connectivity index (χ4v) is 2.41. The van der Waals surface area contributed by atoms with Crippen molar-refractivity contribution in [3.8, 4) is 0 Å². The molecule has 0 heterocycles. The van der Waals surface area contributed by atoms with Gasteiger partial charge in [-0.3, -0.25) is 4.90 Å². The quantitative estimate of drug-likeness (QED) is 0.653. The second-order valence-electron chi connectivity index (χ2n) is 4.15. The number of sulfone groups is 1. The molecule has 0 radical (unpaired) electrons. The molecule has 90 valence electrons. The molecule has 0 aromatic carbocycles. The zero-order chi connectivity index (χ0) is 11.3. The van der Waals surface area contributed by atoms with Gasteiger partial charge in [0.15, 0.2) is 9.84 Å². The zero-order valence-corrected chi connectivity index (χ0v) is 10.3. The van der Waals surface area contributed by atoms with E-state index in [1.54, 1.807) is 6.92 Å². The van der Waals surface area contributed by atoms with E-state index in [9.17, 15) is 8.42 Å². The highest BCUT2D eigenvalue weighted by Crippen LogP contribution is 2.26.